The lowest BCUT2D eigenvalue weighted by Gasteiger charge is -2.27. The van der Waals surface area contributed by atoms with Gasteiger partial charge in [-0.2, -0.15) is 0 Å². The van der Waals surface area contributed by atoms with Gasteiger partial charge in [-0.3, -0.25) is 0 Å². The Balaban J connectivity index is 1.81. The van der Waals surface area contributed by atoms with Gasteiger partial charge in [0.15, 0.2) is 11.3 Å². The Hall–Kier alpha value is -1.98. The highest BCUT2D eigenvalue weighted by atomic mass is 16.5. The van der Waals surface area contributed by atoms with Crippen molar-refractivity contribution in [2.75, 3.05) is 39.8 Å². The summed E-state index contributed by atoms with van der Waals surface area (Å²) in [7, 11) is 1.69. The lowest BCUT2D eigenvalue weighted by molar-refractivity contribution is 0.244. The van der Waals surface area contributed by atoms with Crippen LogP contribution in [0.1, 0.15) is 17.1 Å². The number of piperazine rings is 1. The van der Waals surface area contributed by atoms with Gasteiger partial charge in [0.2, 0.25) is 0 Å². The first-order chi connectivity index (χ1) is 11.7. The van der Waals surface area contributed by atoms with Crippen molar-refractivity contribution in [2.45, 2.75) is 20.3 Å². The molecule has 1 aromatic carbocycles. The van der Waals surface area contributed by atoms with Gasteiger partial charge in [0.25, 0.3) is 0 Å². The molecule has 128 valence electrons. The van der Waals surface area contributed by atoms with Gasteiger partial charge in [-0.1, -0.05) is 0 Å². The summed E-state index contributed by atoms with van der Waals surface area (Å²) in [5.41, 5.74) is 3.00. The van der Waals surface area contributed by atoms with E-state index < -0.39 is 0 Å². The first-order valence-electron chi connectivity index (χ1n) is 8.59. The fourth-order valence-electron chi connectivity index (χ4n) is 3.71. The van der Waals surface area contributed by atoms with Crippen LogP contribution in [0, 0.1) is 13.8 Å². The molecule has 3 heterocycles. The number of nitrogens with one attached hydrogen (secondary N) is 1. The zero-order valence-corrected chi connectivity index (χ0v) is 14.6. The van der Waals surface area contributed by atoms with Crippen molar-refractivity contribution in [3.05, 3.63) is 29.2 Å². The molecule has 4 rings (SSSR count). The maximum Gasteiger partial charge on any atom is 0.177 e. The van der Waals surface area contributed by atoms with Crippen LogP contribution in [-0.4, -0.2) is 44.7 Å². The number of aryl methyl sites for hydroxylation is 2. The maximum absolute atomic E-state index is 6.05. The third kappa shape index (κ3) is 2.58. The zero-order chi connectivity index (χ0) is 16.7. The van der Waals surface area contributed by atoms with Crippen molar-refractivity contribution in [3.8, 4) is 5.75 Å². The zero-order valence-electron chi connectivity index (χ0n) is 14.6. The Morgan fingerprint density at radius 3 is 2.42 bits per heavy atom. The van der Waals surface area contributed by atoms with Crippen LogP contribution in [0.3, 0.4) is 0 Å². The van der Waals surface area contributed by atoms with E-state index in [4.69, 9.17) is 13.6 Å². The minimum atomic E-state index is 0.774. The molecular weight excluding hydrogens is 304 g/mol. The van der Waals surface area contributed by atoms with E-state index in [1.807, 2.05) is 19.9 Å². The van der Waals surface area contributed by atoms with E-state index in [9.17, 15) is 0 Å². The Labute approximate surface area is 141 Å². The van der Waals surface area contributed by atoms with Crippen LogP contribution >= 0.6 is 0 Å². The fraction of sp³-hybridized carbons (Fsp3) is 0.474. The molecule has 1 aliphatic heterocycles. The van der Waals surface area contributed by atoms with Crippen LogP contribution < -0.4 is 10.1 Å². The second-order valence-electron chi connectivity index (χ2n) is 6.55. The van der Waals surface area contributed by atoms with E-state index in [2.05, 4.69) is 16.3 Å². The topological polar surface area (TPSA) is 50.8 Å². The molecule has 0 bridgehead atoms. The molecular formula is C19H24N2O3. The first kappa shape index (κ1) is 15.5. The van der Waals surface area contributed by atoms with Gasteiger partial charge in [-0.05, 0) is 32.4 Å². The highest BCUT2D eigenvalue weighted by Gasteiger charge is 2.22. The average Bonchev–Trinajstić information content (AvgIpc) is 3.14. The van der Waals surface area contributed by atoms with Gasteiger partial charge in [-0.25, -0.2) is 0 Å². The molecule has 1 saturated heterocycles. The minimum absolute atomic E-state index is 0.774. The predicted molar refractivity (Wildman–Crippen MR) is 95.0 cm³/mol. The van der Waals surface area contributed by atoms with Crippen molar-refractivity contribution in [1.29, 1.82) is 0 Å². The average molecular weight is 328 g/mol. The third-order valence-corrected chi connectivity index (χ3v) is 4.85. The number of furan rings is 2. The normalized spacial score (nSPS) is 16.3. The molecule has 0 radical (unpaired) electrons. The van der Waals surface area contributed by atoms with Crippen molar-refractivity contribution in [1.82, 2.24) is 10.2 Å². The maximum atomic E-state index is 6.05. The van der Waals surface area contributed by atoms with Crippen LogP contribution in [-0.2, 0) is 6.42 Å². The predicted octanol–water partition coefficient (Wildman–Crippen LogP) is 3.25. The molecule has 5 heteroatoms. The summed E-state index contributed by atoms with van der Waals surface area (Å²) in [6.07, 6.45) is 0.947. The van der Waals surface area contributed by atoms with Crippen molar-refractivity contribution in [3.63, 3.8) is 0 Å². The molecule has 0 spiro atoms. The lowest BCUT2D eigenvalue weighted by atomic mass is 10.0. The Morgan fingerprint density at radius 2 is 1.71 bits per heavy atom. The summed E-state index contributed by atoms with van der Waals surface area (Å²) < 4.78 is 17.6. The molecule has 5 nitrogen and oxygen atoms in total. The van der Waals surface area contributed by atoms with Crippen LogP contribution in [0.25, 0.3) is 21.9 Å². The van der Waals surface area contributed by atoms with E-state index in [0.29, 0.717) is 0 Å². The Kier molecular flexibility index (Phi) is 3.98. The molecule has 0 unspecified atom stereocenters. The number of hydrogen-bond acceptors (Lipinski definition) is 5. The van der Waals surface area contributed by atoms with Crippen LogP contribution in [0.15, 0.2) is 21.0 Å². The Morgan fingerprint density at radius 1 is 1.04 bits per heavy atom. The van der Waals surface area contributed by atoms with E-state index in [-0.39, 0.29) is 0 Å². The van der Waals surface area contributed by atoms with Gasteiger partial charge in [0, 0.05) is 43.7 Å². The highest BCUT2D eigenvalue weighted by Crippen LogP contribution is 2.41. The molecule has 1 fully saturated rings. The van der Waals surface area contributed by atoms with Crippen molar-refractivity contribution < 1.29 is 13.6 Å². The summed E-state index contributed by atoms with van der Waals surface area (Å²) in [6.45, 7) is 9.33. The Bertz CT molecular complexity index is 814. The van der Waals surface area contributed by atoms with E-state index >= 15 is 0 Å². The third-order valence-electron chi connectivity index (χ3n) is 4.85. The number of rotatable bonds is 4. The van der Waals surface area contributed by atoms with Gasteiger partial charge < -0.3 is 23.8 Å². The van der Waals surface area contributed by atoms with Crippen LogP contribution in [0.2, 0.25) is 0 Å². The molecule has 0 saturated carbocycles. The van der Waals surface area contributed by atoms with Gasteiger partial charge in [0.05, 0.1) is 12.5 Å². The molecule has 0 aliphatic carbocycles. The number of hydrogen-bond donors (Lipinski definition) is 1. The first-order valence-corrected chi connectivity index (χ1v) is 8.59. The van der Waals surface area contributed by atoms with Crippen molar-refractivity contribution >= 4 is 21.9 Å². The fourth-order valence-corrected chi connectivity index (χ4v) is 3.71. The molecule has 1 aliphatic rings. The standard InChI is InChI=1S/C19H24N2O3/c1-12-10-15-14(4-7-21-8-5-20-6-9-21)17-16(11-13(2)23-17)18(22-3)19(15)24-12/h10-11,20H,4-9H2,1-3H3. The number of fused-ring (bicyclic) bond motifs is 2. The second-order valence-corrected chi connectivity index (χ2v) is 6.55. The minimum Gasteiger partial charge on any atom is -0.492 e. The largest absolute Gasteiger partial charge is 0.492 e. The number of benzene rings is 1. The van der Waals surface area contributed by atoms with Gasteiger partial charge >= 0.3 is 0 Å². The SMILES string of the molecule is COc1c2cc(C)oc2c(CCN2CCNCC2)c2cc(C)oc12. The lowest BCUT2D eigenvalue weighted by Crippen LogP contribution is -2.44. The smallest absolute Gasteiger partial charge is 0.177 e. The molecule has 24 heavy (non-hydrogen) atoms. The van der Waals surface area contributed by atoms with E-state index in [0.717, 1.165) is 78.4 Å². The molecule has 0 amide bonds. The van der Waals surface area contributed by atoms with Crippen LogP contribution in [0.4, 0.5) is 0 Å². The quantitative estimate of drug-likeness (QED) is 0.797. The monoisotopic (exact) mass is 328 g/mol. The second kappa shape index (κ2) is 6.15. The van der Waals surface area contributed by atoms with E-state index in [1.54, 1.807) is 7.11 Å². The van der Waals surface area contributed by atoms with Gasteiger partial charge in [0.1, 0.15) is 17.1 Å². The summed E-state index contributed by atoms with van der Waals surface area (Å²) >= 11 is 0. The molecule has 3 aromatic rings. The van der Waals surface area contributed by atoms with E-state index in [1.165, 1.54) is 5.56 Å². The molecule has 2 aromatic heterocycles. The summed E-state index contributed by atoms with van der Waals surface area (Å²) in [5.74, 6) is 2.57. The molecule has 0 atom stereocenters. The summed E-state index contributed by atoms with van der Waals surface area (Å²) in [5, 5.41) is 5.52. The highest BCUT2D eigenvalue weighted by molar-refractivity contribution is 6.04. The van der Waals surface area contributed by atoms with Crippen LogP contribution in [0.5, 0.6) is 5.75 Å². The van der Waals surface area contributed by atoms with Gasteiger partial charge in [-0.15, -0.1) is 0 Å². The van der Waals surface area contributed by atoms with Crippen molar-refractivity contribution in [2.24, 2.45) is 0 Å². The number of ether oxygens (including phenoxy) is 1. The summed E-state index contributed by atoms with van der Waals surface area (Å²) in [6, 6.07) is 4.14. The summed E-state index contributed by atoms with van der Waals surface area (Å²) in [4.78, 5) is 2.50. The number of methoxy groups -OCH3 is 1. The molecule has 1 N–H and O–H groups in total. The number of nitrogens with zero attached hydrogens (tertiary/aromatic N) is 1.